The Morgan fingerprint density at radius 3 is 2.70 bits per heavy atom. The van der Waals surface area contributed by atoms with Crippen molar-refractivity contribution in [2.75, 3.05) is 18.5 Å². The zero-order valence-corrected chi connectivity index (χ0v) is 14.1. The quantitative estimate of drug-likeness (QED) is 0.858. The molecular weight excluding hydrogens is 362 g/mol. The normalized spacial score (nSPS) is 14.0. The maximum Gasteiger partial charge on any atom is 0.319 e. The van der Waals surface area contributed by atoms with Gasteiger partial charge in [0.2, 0.25) is 0 Å². The molecule has 23 heavy (non-hydrogen) atoms. The third-order valence-corrected chi connectivity index (χ3v) is 4.02. The number of fused-ring (bicyclic) bond motifs is 1. The lowest BCUT2D eigenvalue weighted by atomic mass is 10.2. The summed E-state index contributed by atoms with van der Waals surface area (Å²) in [4.78, 5) is 16.4. The van der Waals surface area contributed by atoms with Crippen LogP contribution in [-0.2, 0) is 0 Å². The van der Waals surface area contributed by atoms with E-state index in [1.165, 1.54) is 0 Å². The lowest BCUT2D eigenvalue weighted by Gasteiger charge is -2.20. The SMILES string of the molecule is CC(NC(=O)Nc1cc2c(cc1Br)OCCO2)c1ccccn1. The maximum atomic E-state index is 12.2. The topological polar surface area (TPSA) is 72.5 Å². The van der Waals surface area contributed by atoms with E-state index in [1.54, 1.807) is 18.3 Å². The first-order valence-electron chi connectivity index (χ1n) is 7.21. The fourth-order valence-electron chi connectivity index (χ4n) is 2.22. The van der Waals surface area contributed by atoms with Crippen molar-refractivity contribution in [3.8, 4) is 11.5 Å². The average Bonchev–Trinajstić information content (AvgIpc) is 2.56. The van der Waals surface area contributed by atoms with E-state index in [0.717, 1.165) is 10.2 Å². The number of carbonyl (C=O) groups is 1. The van der Waals surface area contributed by atoms with Crippen LogP contribution in [-0.4, -0.2) is 24.2 Å². The Morgan fingerprint density at radius 2 is 2.00 bits per heavy atom. The molecule has 0 spiro atoms. The van der Waals surface area contributed by atoms with Gasteiger partial charge in [0.15, 0.2) is 11.5 Å². The molecule has 3 rings (SSSR count). The Bertz CT molecular complexity index is 709. The van der Waals surface area contributed by atoms with Crippen molar-refractivity contribution in [1.29, 1.82) is 0 Å². The molecule has 0 aliphatic carbocycles. The molecule has 1 aromatic carbocycles. The molecule has 0 fully saturated rings. The predicted molar refractivity (Wildman–Crippen MR) is 89.9 cm³/mol. The molecule has 0 saturated heterocycles. The number of nitrogens with zero attached hydrogens (tertiary/aromatic N) is 1. The summed E-state index contributed by atoms with van der Waals surface area (Å²) in [5, 5.41) is 5.65. The number of rotatable bonds is 3. The molecule has 1 aromatic heterocycles. The molecule has 2 heterocycles. The van der Waals surface area contributed by atoms with Gasteiger partial charge in [-0.3, -0.25) is 4.98 Å². The number of halogens is 1. The van der Waals surface area contributed by atoms with Gasteiger partial charge in [0.1, 0.15) is 13.2 Å². The highest BCUT2D eigenvalue weighted by atomic mass is 79.9. The predicted octanol–water partition coefficient (Wildman–Crippen LogP) is 3.50. The molecule has 1 aliphatic rings. The third kappa shape index (κ3) is 3.73. The van der Waals surface area contributed by atoms with Crippen LogP contribution in [0.3, 0.4) is 0 Å². The Hall–Kier alpha value is -2.28. The number of aromatic nitrogens is 1. The van der Waals surface area contributed by atoms with Crippen LogP contribution < -0.4 is 20.1 Å². The van der Waals surface area contributed by atoms with Crippen LogP contribution in [0.2, 0.25) is 0 Å². The van der Waals surface area contributed by atoms with Gasteiger partial charge in [-0.15, -0.1) is 0 Å². The Morgan fingerprint density at radius 1 is 1.26 bits per heavy atom. The van der Waals surface area contributed by atoms with Crippen molar-refractivity contribution < 1.29 is 14.3 Å². The number of carbonyl (C=O) groups excluding carboxylic acids is 1. The highest BCUT2D eigenvalue weighted by Crippen LogP contribution is 2.38. The molecule has 1 unspecified atom stereocenters. The standard InChI is InChI=1S/C16H16BrN3O3/c1-10(12-4-2-3-5-18-12)19-16(21)20-13-9-15-14(8-11(13)17)22-6-7-23-15/h2-5,8-10H,6-7H2,1H3,(H2,19,20,21). The molecule has 0 radical (unpaired) electrons. The molecule has 1 aliphatic heterocycles. The van der Waals surface area contributed by atoms with Gasteiger partial charge in [-0.05, 0) is 35.0 Å². The fraction of sp³-hybridized carbons (Fsp3) is 0.250. The maximum absolute atomic E-state index is 12.2. The summed E-state index contributed by atoms with van der Waals surface area (Å²) in [7, 11) is 0. The smallest absolute Gasteiger partial charge is 0.319 e. The minimum atomic E-state index is -0.319. The molecule has 7 heteroatoms. The zero-order chi connectivity index (χ0) is 16.2. The molecule has 1 atom stereocenters. The van der Waals surface area contributed by atoms with Crippen molar-refractivity contribution in [2.45, 2.75) is 13.0 Å². The second-order valence-electron chi connectivity index (χ2n) is 5.05. The van der Waals surface area contributed by atoms with E-state index in [9.17, 15) is 4.79 Å². The van der Waals surface area contributed by atoms with Crippen LogP contribution in [0.25, 0.3) is 0 Å². The minimum Gasteiger partial charge on any atom is -0.486 e. The van der Waals surface area contributed by atoms with E-state index in [4.69, 9.17) is 9.47 Å². The molecule has 120 valence electrons. The van der Waals surface area contributed by atoms with Gasteiger partial charge < -0.3 is 20.1 Å². The van der Waals surface area contributed by atoms with Crippen LogP contribution in [0, 0.1) is 0 Å². The van der Waals surface area contributed by atoms with E-state index in [-0.39, 0.29) is 12.1 Å². The number of nitrogens with one attached hydrogen (secondary N) is 2. The first kappa shape index (κ1) is 15.6. The van der Waals surface area contributed by atoms with Crippen LogP contribution in [0.5, 0.6) is 11.5 Å². The second kappa shape index (κ2) is 6.87. The fourth-order valence-corrected chi connectivity index (χ4v) is 2.64. The van der Waals surface area contributed by atoms with E-state index in [0.29, 0.717) is 30.4 Å². The first-order chi connectivity index (χ1) is 11.1. The highest BCUT2D eigenvalue weighted by molar-refractivity contribution is 9.10. The van der Waals surface area contributed by atoms with Gasteiger partial charge in [-0.25, -0.2) is 4.79 Å². The van der Waals surface area contributed by atoms with E-state index in [2.05, 4.69) is 31.5 Å². The number of benzene rings is 1. The van der Waals surface area contributed by atoms with Gasteiger partial charge in [0.25, 0.3) is 0 Å². The van der Waals surface area contributed by atoms with E-state index in [1.807, 2.05) is 25.1 Å². The highest BCUT2D eigenvalue weighted by Gasteiger charge is 2.17. The summed E-state index contributed by atoms with van der Waals surface area (Å²) in [6.07, 6.45) is 1.70. The van der Waals surface area contributed by atoms with Gasteiger partial charge in [-0.2, -0.15) is 0 Å². The molecule has 2 N–H and O–H groups in total. The summed E-state index contributed by atoms with van der Waals surface area (Å²) < 4.78 is 11.7. The van der Waals surface area contributed by atoms with Crippen molar-refractivity contribution in [1.82, 2.24) is 10.3 Å². The number of urea groups is 1. The first-order valence-corrected chi connectivity index (χ1v) is 8.00. The molecule has 6 nitrogen and oxygen atoms in total. The largest absolute Gasteiger partial charge is 0.486 e. The van der Waals surface area contributed by atoms with Crippen LogP contribution in [0.15, 0.2) is 41.0 Å². The summed E-state index contributed by atoms with van der Waals surface area (Å²) in [5.41, 5.74) is 1.41. The number of anilines is 1. The van der Waals surface area contributed by atoms with E-state index >= 15 is 0 Å². The summed E-state index contributed by atoms with van der Waals surface area (Å²) in [6.45, 7) is 2.89. The van der Waals surface area contributed by atoms with Gasteiger partial charge >= 0.3 is 6.03 Å². The summed E-state index contributed by atoms with van der Waals surface area (Å²) in [6, 6.07) is 8.59. The van der Waals surface area contributed by atoms with Crippen molar-refractivity contribution >= 4 is 27.6 Å². The van der Waals surface area contributed by atoms with Crippen molar-refractivity contribution in [2.24, 2.45) is 0 Å². The Balaban J connectivity index is 1.68. The monoisotopic (exact) mass is 377 g/mol. The van der Waals surface area contributed by atoms with Crippen LogP contribution in [0.4, 0.5) is 10.5 Å². The number of pyridine rings is 1. The molecular formula is C16H16BrN3O3. The van der Waals surface area contributed by atoms with Gasteiger partial charge in [-0.1, -0.05) is 6.07 Å². The minimum absolute atomic E-state index is 0.202. The van der Waals surface area contributed by atoms with Crippen molar-refractivity contribution in [3.05, 3.63) is 46.7 Å². The number of hydrogen-bond acceptors (Lipinski definition) is 4. The zero-order valence-electron chi connectivity index (χ0n) is 12.5. The van der Waals surface area contributed by atoms with Crippen LogP contribution in [0.1, 0.15) is 18.7 Å². The summed E-state index contributed by atoms with van der Waals surface area (Å²) in [5.74, 6) is 1.28. The Labute approximate surface area is 142 Å². The lowest BCUT2D eigenvalue weighted by molar-refractivity contribution is 0.171. The lowest BCUT2D eigenvalue weighted by Crippen LogP contribution is -2.31. The third-order valence-electron chi connectivity index (χ3n) is 3.36. The molecule has 0 bridgehead atoms. The molecule has 2 amide bonds. The van der Waals surface area contributed by atoms with Crippen LogP contribution >= 0.6 is 15.9 Å². The van der Waals surface area contributed by atoms with E-state index < -0.39 is 0 Å². The summed E-state index contributed by atoms with van der Waals surface area (Å²) >= 11 is 3.42. The van der Waals surface area contributed by atoms with Crippen molar-refractivity contribution in [3.63, 3.8) is 0 Å². The molecule has 0 saturated carbocycles. The Kier molecular flexibility index (Phi) is 4.66. The average molecular weight is 378 g/mol. The number of ether oxygens (including phenoxy) is 2. The number of hydrogen-bond donors (Lipinski definition) is 2. The second-order valence-corrected chi connectivity index (χ2v) is 5.90. The van der Waals surface area contributed by atoms with Gasteiger partial charge in [0.05, 0.1) is 17.4 Å². The van der Waals surface area contributed by atoms with Gasteiger partial charge in [0, 0.05) is 22.8 Å². The molecule has 2 aromatic rings. The number of amides is 2.